The predicted molar refractivity (Wildman–Crippen MR) is 66.3 cm³/mol. The summed E-state index contributed by atoms with van der Waals surface area (Å²) in [4.78, 5) is 0. The molecule has 2 nitrogen and oxygen atoms in total. The molecule has 1 aromatic rings. The minimum Gasteiger partial charge on any atom is -0.379 e. The molecule has 15 heavy (non-hydrogen) atoms. The molecule has 86 valence electrons. The zero-order valence-electron chi connectivity index (χ0n) is 9.99. The number of rotatable bonds is 4. The standard InChI is InChI=1S/C12H21NOS/c1-12(2,3)11(14-4)10(13)7-9-5-6-15-8-9/h5-6,8,10-11H,7,13H2,1-4H3. The van der Waals surface area contributed by atoms with E-state index in [1.165, 1.54) is 5.56 Å². The van der Waals surface area contributed by atoms with Crippen molar-refractivity contribution < 1.29 is 4.74 Å². The van der Waals surface area contributed by atoms with Gasteiger partial charge in [0.15, 0.2) is 0 Å². The van der Waals surface area contributed by atoms with Crippen LogP contribution in [0.1, 0.15) is 26.3 Å². The summed E-state index contributed by atoms with van der Waals surface area (Å²) < 4.78 is 5.50. The normalized spacial score (nSPS) is 16.3. The van der Waals surface area contributed by atoms with Crippen LogP contribution < -0.4 is 5.73 Å². The van der Waals surface area contributed by atoms with Gasteiger partial charge in [0.2, 0.25) is 0 Å². The summed E-state index contributed by atoms with van der Waals surface area (Å²) in [5, 5.41) is 4.23. The molecule has 0 fully saturated rings. The summed E-state index contributed by atoms with van der Waals surface area (Å²) in [6.45, 7) is 6.48. The first kappa shape index (κ1) is 12.7. The number of hydrogen-bond donors (Lipinski definition) is 1. The monoisotopic (exact) mass is 227 g/mol. The van der Waals surface area contributed by atoms with E-state index in [1.54, 1.807) is 18.4 Å². The molecule has 2 N–H and O–H groups in total. The van der Waals surface area contributed by atoms with Crippen LogP contribution in [0.15, 0.2) is 16.8 Å². The Kier molecular flexibility index (Phi) is 4.32. The maximum Gasteiger partial charge on any atom is 0.0773 e. The van der Waals surface area contributed by atoms with Gasteiger partial charge in [-0.25, -0.2) is 0 Å². The van der Waals surface area contributed by atoms with E-state index >= 15 is 0 Å². The molecule has 0 aliphatic carbocycles. The molecule has 2 unspecified atom stereocenters. The molecule has 1 heterocycles. The van der Waals surface area contributed by atoms with Crippen molar-refractivity contribution in [2.45, 2.75) is 39.3 Å². The summed E-state index contributed by atoms with van der Waals surface area (Å²) >= 11 is 1.71. The van der Waals surface area contributed by atoms with Gasteiger partial charge in [0.25, 0.3) is 0 Å². The van der Waals surface area contributed by atoms with Gasteiger partial charge in [-0.1, -0.05) is 20.8 Å². The first-order valence-electron chi connectivity index (χ1n) is 5.24. The third kappa shape index (κ3) is 3.59. The number of hydrogen-bond acceptors (Lipinski definition) is 3. The minimum absolute atomic E-state index is 0.0598. The molecular weight excluding hydrogens is 206 g/mol. The molecule has 3 heteroatoms. The Bertz CT molecular complexity index is 276. The van der Waals surface area contributed by atoms with Gasteiger partial charge < -0.3 is 10.5 Å². The first-order valence-corrected chi connectivity index (χ1v) is 6.19. The lowest BCUT2D eigenvalue weighted by Crippen LogP contribution is -2.45. The van der Waals surface area contributed by atoms with E-state index in [2.05, 4.69) is 37.6 Å². The second kappa shape index (κ2) is 5.10. The Morgan fingerprint density at radius 1 is 1.47 bits per heavy atom. The lowest BCUT2D eigenvalue weighted by atomic mass is 9.83. The van der Waals surface area contributed by atoms with Crippen LogP contribution in [-0.4, -0.2) is 19.3 Å². The molecule has 0 amide bonds. The number of ether oxygens (including phenoxy) is 1. The van der Waals surface area contributed by atoms with Crippen molar-refractivity contribution in [3.63, 3.8) is 0 Å². The van der Waals surface area contributed by atoms with Crippen LogP contribution in [-0.2, 0) is 11.2 Å². The number of thiophene rings is 1. The maximum atomic E-state index is 6.19. The number of nitrogens with two attached hydrogens (primary N) is 1. The summed E-state index contributed by atoms with van der Waals surface area (Å²) in [7, 11) is 1.74. The van der Waals surface area contributed by atoms with Crippen LogP contribution in [0.25, 0.3) is 0 Å². The molecule has 0 spiro atoms. The molecule has 0 radical (unpaired) electrons. The molecule has 2 atom stereocenters. The molecular formula is C12H21NOS. The van der Waals surface area contributed by atoms with E-state index in [-0.39, 0.29) is 17.6 Å². The van der Waals surface area contributed by atoms with Gasteiger partial charge in [0.1, 0.15) is 0 Å². The third-order valence-electron chi connectivity index (χ3n) is 2.55. The third-order valence-corrected chi connectivity index (χ3v) is 3.28. The fraction of sp³-hybridized carbons (Fsp3) is 0.667. The van der Waals surface area contributed by atoms with E-state index in [4.69, 9.17) is 10.5 Å². The zero-order valence-corrected chi connectivity index (χ0v) is 10.8. The largest absolute Gasteiger partial charge is 0.379 e. The highest BCUT2D eigenvalue weighted by Gasteiger charge is 2.30. The molecule has 0 saturated heterocycles. The smallest absolute Gasteiger partial charge is 0.0773 e. The minimum atomic E-state index is 0.0598. The van der Waals surface area contributed by atoms with E-state index in [0.717, 1.165) is 6.42 Å². The average Bonchev–Trinajstić information content (AvgIpc) is 2.54. The molecule has 0 aliphatic heterocycles. The van der Waals surface area contributed by atoms with Crippen LogP contribution in [0.4, 0.5) is 0 Å². The Morgan fingerprint density at radius 2 is 2.13 bits per heavy atom. The summed E-state index contributed by atoms with van der Waals surface area (Å²) in [5.41, 5.74) is 7.58. The van der Waals surface area contributed by atoms with E-state index in [9.17, 15) is 0 Å². The van der Waals surface area contributed by atoms with Gasteiger partial charge in [-0.3, -0.25) is 0 Å². The molecule has 0 bridgehead atoms. The topological polar surface area (TPSA) is 35.2 Å². The summed E-state index contributed by atoms with van der Waals surface area (Å²) in [6.07, 6.45) is 0.983. The fourth-order valence-electron chi connectivity index (χ4n) is 1.96. The maximum absolute atomic E-state index is 6.19. The highest BCUT2D eigenvalue weighted by atomic mass is 32.1. The summed E-state index contributed by atoms with van der Waals surface area (Å²) in [5.74, 6) is 0. The van der Waals surface area contributed by atoms with Crippen molar-refractivity contribution in [2.75, 3.05) is 7.11 Å². The molecule has 0 saturated carbocycles. The quantitative estimate of drug-likeness (QED) is 0.858. The Morgan fingerprint density at radius 3 is 2.53 bits per heavy atom. The van der Waals surface area contributed by atoms with Crippen molar-refractivity contribution >= 4 is 11.3 Å². The van der Waals surface area contributed by atoms with Crippen LogP contribution >= 0.6 is 11.3 Å². The Labute approximate surface area is 96.4 Å². The molecule has 0 aliphatic rings. The van der Waals surface area contributed by atoms with Gasteiger partial charge in [0, 0.05) is 13.2 Å². The van der Waals surface area contributed by atoms with Crippen molar-refractivity contribution in [2.24, 2.45) is 11.1 Å². The van der Waals surface area contributed by atoms with E-state index in [0.29, 0.717) is 0 Å². The van der Waals surface area contributed by atoms with Crippen molar-refractivity contribution in [3.8, 4) is 0 Å². The van der Waals surface area contributed by atoms with E-state index < -0.39 is 0 Å². The molecule has 0 aromatic carbocycles. The SMILES string of the molecule is COC(C(N)Cc1ccsc1)C(C)(C)C. The van der Waals surface area contributed by atoms with Crippen LogP contribution in [0, 0.1) is 5.41 Å². The van der Waals surface area contributed by atoms with Crippen molar-refractivity contribution in [1.29, 1.82) is 0 Å². The van der Waals surface area contributed by atoms with Crippen molar-refractivity contribution in [1.82, 2.24) is 0 Å². The second-order valence-corrected chi connectivity index (χ2v) is 5.80. The zero-order chi connectivity index (χ0) is 11.5. The van der Waals surface area contributed by atoms with Gasteiger partial charge in [-0.2, -0.15) is 11.3 Å². The summed E-state index contributed by atoms with van der Waals surface area (Å²) in [6, 6.07) is 2.18. The predicted octanol–water partition coefficient (Wildman–Crippen LogP) is 2.68. The molecule has 1 aromatic heterocycles. The first-order chi connectivity index (χ1) is 6.95. The van der Waals surface area contributed by atoms with E-state index in [1.807, 2.05) is 0 Å². The average molecular weight is 227 g/mol. The lowest BCUT2D eigenvalue weighted by Gasteiger charge is -2.33. The van der Waals surface area contributed by atoms with Crippen molar-refractivity contribution in [3.05, 3.63) is 22.4 Å². The highest BCUT2D eigenvalue weighted by molar-refractivity contribution is 7.07. The Balaban J connectivity index is 2.62. The van der Waals surface area contributed by atoms with Crippen LogP contribution in [0.5, 0.6) is 0 Å². The highest BCUT2D eigenvalue weighted by Crippen LogP contribution is 2.25. The van der Waals surface area contributed by atoms with Gasteiger partial charge in [-0.05, 0) is 34.2 Å². The fourth-order valence-corrected chi connectivity index (χ4v) is 2.64. The second-order valence-electron chi connectivity index (χ2n) is 5.02. The van der Waals surface area contributed by atoms with Gasteiger partial charge in [-0.15, -0.1) is 0 Å². The van der Waals surface area contributed by atoms with Crippen LogP contribution in [0.2, 0.25) is 0 Å². The molecule has 1 rings (SSSR count). The van der Waals surface area contributed by atoms with Crippen LogP contribution in [0.3, 0.4) is 0 Å². The Hall–Kier alpha value is -0.380. The van der Waals surface area contributed by atoms with Gasteiger partial charge >= 0.3 is 0 Å². The lowest BCUT2D eigenvalue weighted by molar-refractivity contribution is -0.00163. The number of methoxy groups -OCH3 is 1. The van der Waals surface area contributed by atoms with Gasteiger partial charge in [0.05, 0.1) is 6.10 Å².